The molecule has 9 nitrogen and oxygen atoms in total. The number of carbonyl (C=O) groups is 3. The zero-order valence-corrected chi connectivity index (χ0v) is 20.9. The molecule has 3 rings (SSSR count). The third kappa shape index (κ3) is 9.43. The number of carboxylic acid groups (broad SMARTS) is 2. The molecule has 0 amide bonds. The van der Waals surface area contributed by atoms with Crippen LogP contribution in [0.15, 0.2) is 36.4 Å². The van der Waals surface area contributed by atoms with Gasteiger partial charge in [-0.3, -0.25) is 9.69 Å². The maximum Gasteiger partial charge on any atom is 0.328 e. The molecule has 194 valence electrons. The summed E-state index contributed by atoms with van der Waals surface area (Å²) in [6.07, 6.45) is 4.79. The van der Waals surface area contributed by atoms with E-state index in [0.29, 0.717) is 31.4 Å². The van der Waals surface area contributed by atoms with Crippen LogP contribution in [0, 0.1) is 0 Å². The number of morpholine rings is 1. The van der Waals surface area contributed by atoms with Gasteiger partial charge >= 0.3 is 11.9 Å². The molecule has 2 N–H and O–H groups in total. The number of hydrogen-bond donors (Lipinski definition) is 2. The number of aliphatic carboxylic acids is 2. The van der Waals surface area contributed by atoms with Crippen LogP contribution in [0.5, 0.6) is 5.75 Å². The van der Waals surface area contributed by atoms with E-state index >= 15 is 0 Å². The summed E-state index contributed by atoms with van der Waals surface area (Å²) in [6, 6.07) is 8.33. The van der Waals surface area contributed by atoms with Gasteiger partial charge in [0, 0.05) is 43.4 Å². The van der Waals surface area contributed by atoms with Gasteiger partial charge in [-0.25, -0.2) is 9.59 Å². The summed E-state index contributed by atoms with van der Waals surface area (Å²) in [7, 11) is 0. The van der Waals surface area contributed by atoms with Crippen LogP contribution in [0.25, 0.3) is 0 Å². The van der Waals surface area contributed by atoms with Gasteiger partial charge in [-0.05, 0) is 70.8 Å². The molecule has 35 heavy (non-hydrogen) atoms. The van der Waals surface area contributed by atoms with Crippen molar-refractivity contribution in [1.29, 1.82) is 0 Å². The normalized spacial score (nSPS) is 19.2. The zero-order valence-electron chi connectivity index (χ0n) is 20.9. The molecule has 2 saturated heterocycles. The number of hydrogen-bond acceptors (Lipinski definition) is 7. The van der Waals surface area contributed by atoms with Crippen LogP contribution in [-0.2, 0) is 14.3 Å². The molecular weight excluding hydrogens is 452 g/mol. The Labute approximate surface area is 207 Å². The fourth-order valence-electron chi connectivity index (χ4n) is 4.25. The molecule has 0 aromatic heterocycles. The number of Topliss-reactive ketones (excluding diaryl/α,β-unsaturated/α-hetero) is 1. The number of rotatable bonds is 10. The first-order valence-electron chi connectivity index (χ1n) is 12.1. The Morgan fingerprint density at radius 1 is 1.06 bits per heavy atom. The Bertz CT molecular complexity index is 845. The molecule has 0 bridgehead atoms. The average Bonchev–Trinajstić information content (AvgIpc) is 3.26. The van der Waals surface area contributed by atoms with E-state index in [1.54, 1.807) is 0 Å². The van der Waals surface area contributed by atoms with Crippen LogP contribution < -0.4 is 4.74 Å². The Balaban J connectivity index is 0.000000466. The molecule has 2 fully saturated rings. The van der Waals surface area contributed by atoms with Gasteiger partial charge in [0.15, 0.2) is 5.78 Å². The first-order chi connectivity index (χ1) is 16.6. The standard InChI is InChI=1S/C22H34N2O3.C4H4O4/c1-18-6-4-11-23(18)12-5-15-27-20-9-7-19(8-10-20)21(25)22(2,3)24-13-16-26-17-14-24;5-3(6)1-2-4(7)8/h7-10,18H,4-6,11-17H2,1-3H3;1-2H,(H,5,6)(H,7,8)/t18-;/m1./s1. The van der Waals surface area contributed by atoms with Crippen LogP contribution in [0.2, 0.25) is 0 Å². The van der Waals surface area contributed by atoms with Gasteiger partial charge in [0.1, 0.15) is 5.75 Å². The van der Waals surface area contributed by atoms with E-state index in [-0.39, 0.29) is 5.78 Å². The van der Waals surface area contributed by atoms with Crippen molar-refractivity contribution >= 4 is 17.7 Å². The summed E-state index contributed by atoms with van der Waals surface area (Å²) in [4.78, 5) is 36.8. The summed E-state index contributed by atoms with van der Waals surface area (Å²) >= 11 is 0. The summed E-state index contributed by atoms with van der Waals surface area (Å²) in [6.45, 7) is 12.3. The topological polar surface area (TPSA) is 117 Å². The number of ketones is 1. The van der Waals surface area contributed by atoms with E-state index in [1.165, 1.54) is 19.4 Å². The number of nitrogens with zero attached hydrogens (tertiary/aromatic N) is 2. The van der Waals surface area contributed by atoms with Crippen molar-refractivity contribution in [1.82, 2.24) is 9.80 Å². The fraction of sp³-hybridized carbons (Fsp3) is 0.577. The summed E-state index contributed by atoms with van der Waals surface area (Å²) in [5, 5.41) is 15.6. The number of ether oxygens (including phenoxy) is 2. The monoisotopic (exact) mass is 490 g/mol. The van der Waals surface area contributed by atoms with Crippen molar-refractivity contribution in [2.45, 2.75) is 51.6 Å². The molecule has 1 aromatic carbocycles. The second-order valence-electron chi connectivity index (χ2n) is 9.25. The third-order valence-electron chi connectivity index (χ3n) is 6.39. The van der Waals surface area contributed by atoms with Crippen LogP contribution >= 0.6 is 0 Å². The van der Waals surface area contributed by atoms with E-state index < -0.39 is 17.5 Å². The zero-order chi connectivity index (χ0) is 25.8. The van der Waals surface area contributed by atoms with Crippen molar-refractivity contribution in [2.75, 3.05) is 46.0 Å². The van der Waals surface area contributed by atoms with Crippen molar-refractivity contribution in [3.63, 3.8) is 0 Å². The summed E-state index contributed by atoms with van der Waals surface area (Å²) in [5.41, 5.74) is 0.225. The Hall–Kier alpha value is -2.75. The Morgan fingerprint density at radius 3 is 2.17 bits per heavy atom. The highest BCUT2D eigenvalue weighted by Crippen LogP contribution is 2.23. The molecule has 2 aliphatic heterocycles. The molecule has 1 atom stereocenters. The molecule has 0 spiro atoms. The lowest BCUT2D eigenvalue weighted by molar-refractivity contribution is -0.134. The number of benzene rings is 1. The quantitative estimate of drug-likeness (QED) is 0.290. The summed E-state index contributed by atoms with van der Waals surface area (Å²) < 4.78 is 11.3. The maximum atomic E-state index is 13.0. The highest BCUT2D eigenvalue weighted by molar-refractivity contribution is 6.02. The SMILES string of the molecule is C[C@@H]1CCCN1CCCOc1ccc(C(=O)C(C)(C)N2CCOCC2)cc1.O=C(O)C=CC(=O)O. The first-order valence-corrected chi connectivity index (χ1v) is 12.1. The van der Waals surface area contributed by atoms with Gasteiger partial charge in [0.2, 0.25) is 0 Å². The van der Waals surface area contributed by atoms with Crippen LogP contribution in [0.3, 0.4) is 0 Å². The van der Waals surface area contributed by atoms with Gasteiger partial charge in [0.05, 0.1) is 25.4 Å². The maximum absolute atomic E-state index is 13.0. The molecule has 2 heterocycles. The predicted molar refractivity (Wildman–Crippen MR) is 132 cm³/mol. The highest BCUT2D eigenvalue weighted by atomic mass is 16.5. The Kier molecular flexibility index (Phi) is 11.4. The molecule has 0 radical (unpaired) electrons. The molecule has 0 aliphatic carbocycles. The van der Waals surface area contributed by atoms with Crippen molar-refractivity contribution in [2.24, 2.45) is 0 Å². The van der Waals surface area contributed by atoms with Crippen molar-refractivity contribution in [3.05, 3.63) is 42.0 Å². The molecular formula is C26H38N2O7. The third-order valence-corrected chi connectivity index (χ3v) is 6.39. The van der Waals surface area contributed by atoms with Crippen LogP contribution in [-0.4, -0.2) is 95.3 Å². The Morgan fingerprint density at radius 2 is 1.66 bits per heavy atom. The second-order valence-corrected chi connectivity index (χ2v) is 9.25. The van der Waals surface area contributed by atoms with E-state index in [9.17, 15) is 14.4 Å². The van der Waals surface area contributed by atoms with Crippen molar-refractivity contribution < 1.29 is 34.1 Å². The van der Waals surface area contributed by atoms with Gasteiger partial charge in [-0.1, -0.05) is 0 Å². The number of carbonyl (C=O) groups excluding carboxylic acids is 1. The van der Waals surface area contributed by atoms with Crippen molar-refractivity contribution in [3.8, 4) is 5.75 Å². The molecule has 2 aliphatic rings. The van der Waals surface area contributed by atoms with E-state index in [2.05, 4.69) is 16.7 Å². The number of likely N-dealkylation sites (tertiary alicyclic amines) is 1. The molecule has 0 unspecified atom stereocenters. The lowest BCUT2D eigenvalue weighted by Crippen LogP contribution is -2.54. The van der Waals surface area contributed by atoms with E-state index in [1.807, 2.05) is 38.1 Å². The fourth-order valence-corrected chi connectivity index (χ4v) is 4.25. The minimum atomic E-state index is -1.26. The predicted octanol–water partition coefficient (Wildman–Crippen LogP) is 2.95. The lowest BCUT2D eigenvalue weighted by Gasteiger charge is -2.39. The first kappa shape index (κ1) is 28.5. The average molecular weight is 491 g/mol. The summed E-state index contributed by atoms with van der Waals surface area (Å²) in [5.74, 6) is -1.52. The lowest BCUT2D eigenvalue weighted by atomic mass is 9.91. The van der Waals surface area contributed by atoms with Crippen LogP contribution in [0.1, 0.15) is 50.4 Å². The smallest absolute Gasteiger partial charge is 0.328 e. The van der Waals surface area contributed by atoms with E-state index in [4.69, 9.17) is 19.7 Å². The van der Waals surface area contributed by atoms with Gasteiger partial charge in [-0.2, -0.15) is 0 Å². The van der Waals surface area contributed by atoms with E-state index in [0.717, 1.165) is 44.0 Å². The number of carboxylic acids is 2. The minimum Gasteiger partial charge on any atom is -0.494 e. The van der Waals surface area contributed by atoms with Gasteiger partial charge < -0.3 is 24.6 Å². The molecule has 1 aromatic rings. The molecule has 9 heteroatoms. The van der Waals surface area contributed by atoms with Gasteiger partial charge in [-0.15, -0.1) is 0 Å². The second kappa shape index (κ2) is 14.0. The highest BCUT2D eigenvalue weighted by Gasteiger charge is 2.35. The largest absolute Gasteiger partial charge is 0.494 e. The minimum absolute atomic E-state index is 0.152. The molecule has 0 saturated carbocycles. The van der Waals surface area contributed by atoms with Crippen LogP contribution in [0.4, 0.5) is 0 Å². The van der Waals surface area contributed by atoms with Gasteiger partial charge in [0.25, 0.3) is 0 Å².